The number of hydrogen-bond donors (Lipinski definition) is 1. The van der Waals surface area contributed by atoms with E-state index in [1.807, 2.05) is 24.8 Å². The lowest BCUT2D eigenvalue weighted by atomic mass is 9.88. The Bertz CT molecular complexity index is 1100. The third kappa shape index (κ3) is 2.97. The predicted molar refractivity (Wildman–Crippen MR) is 115 cm³/mol. The summed E-state index contributed by atoms with van der Waals surface area (Å²) in [5.41, 5.74) is 3.63. The summed E-state index contributed by atoms with van der Waals surface area (Å²) in [6, 6.07) is 16.7. The number of piperidine rings is 1. The molecule has 0 radical (unpaired) electrons. The Kier molecular flexibility index (Phi) is 4.28. The molecular weight excluding hydrogens is 362 g/mol. The molecule has 0 bridgehead atoms. The molecule has 0 saturated carbocycles. The van der Waals surface area contributed by atoms with Crippen LogP contribution >= 0.6 is 0 Å². The number of amides is 1. The minimum Gasteiger partial charge on any atom is -0.461 e. The standard InChI is InChI=1S/C24H25N3O2/c1-3-27-22(26-24(23(27)28)10-12-25-13-11-24)18-6-4-17(5-7-18)19-8-9-21-20(15-19)14-16(2)29-21/h4-9,14-15,25H,3,10-13H2,1-2H3. The Morgan fingerprint density at radius 3 is 2.45 bits per heavy atom. The summed E-state index contributed by atoms with van der Waals surface area (Å²) in [6.07, 6.45) is 1.54. The summed E-state index contributed by atoms with van der Waals surface area (Å²) in [5.74, 6) is 1.89. The van der Waals surface area contributed by atoms with Crippen LogP contribution in [0.3, 0.4) is 0 Å². The number of nitrogens with zero attached hydrogens (tertiary/aromatic N) is 2. The van der Waals surface area contributed by atoms with E-state index in [0.29, 0.717) is 6.54 Å². The molecule has 2 aromatic carbocycles. The van der Waals surface area contributed by atoms with Gasteiger partial charge in [-0.05, 0) is 69.1 Å². The van der Waals surface area contributed by atoms with Crippen molar-refractivity contribution in [3.8, 4) is 11.1 Å². The SMILES string of the molecule is CCN1C(=O)C2(CCNCC2)N=C1c1ccc(-c2ccc3oc(C)cc3c2)cc1. The van der Waals surface area contributed by atoms with Gasteiger partial charge < -0.3 is 9.73 Å². The number of rotatable bonds is 3. The van der Waals surface area contributed by atoms with E-state index in [1.54, 1.807) is 0 Å². The van der Waals surface area contributed by atoms with Crippen LogP contribution < -0.4 is 5.32 Å². The van der Waals surface area contributed by atoms with E-state index in [1.165, 1.54) is 0 Å². The van der Waals surface area contributed by atoms with E-state index in [0.717, 1.165) is 65.2 Å². The number of fused-ring (bicyclic) bond motifs is 1. The molecule has 5 nitrogen and oxygen atoms in total. The quantitative estimate of drug-likeness (QED) is 0.735. The van der Waals surface area contributed by atoms with Crippen LogP contribution in [-0.2, 0) is 4.79 Å². The second-order valence-electron chi connectivity index (χ2n) is 7.95. The smallest absolute Gasteiger partial charge is 0.256 e. The van der Waals surface area contributed by atoms with Gasteiger partial charge in [0.1, 0.15) is 22.7 Å². The van der Waals surface area contributed by atoms with Gasteiger partial charge in [-0.25, -0.2) is 0 Å². The van der Waals surface area contributed by atoms with Crippen LogP contribution in [0.15, 0.2) is 57.9 Å². The van der Waals surface area contributed by atoms with Crippen molar-refractivity contribution in [1.29, 1.82) is 0 Å². The predicted octanol–water partition coefficient (Wildman–Crippen LogP) is 4.14. The van der Waals surface area contributed by atoms with Gasteiger partial charge in [-0.15, -0.1) is 0 Å². The van der Waals surface area contributed by atoms with Gasteiger partial charge in [-0.1, -0.05) is 30.3 Å². The Hall–Kier alpha value is -2.92. The van der Waals surface area contributed by atoms with E-state index in [4.69, 9.17) is 9.41 Å². The normalized spacial score (nSPS) is 18.6. The van der Waals surface area contributed by atoms with Crippen molar-refractivity contribution in [3.63, 3.8) is 0 Å². The number of benzene rings is 2. The third-order valence-corrected chi connectivity index (χ3v) is 6.08. The molecule has 1 saturated heterocycles. The van der Waals surface area contributed by atoms with Crippen LogP contribution in [0.5, 0.6) is 0 Å². The zero-order chi connectivity index (χ0) is 20.0. The minimum absolute atomic E-state index is 0.154. The molecule has 1 fully saturated rings. The van der Waals surface area contributed by atoms with Crippen molar-refractivity contribution < 1.29 is 9.21 Å². The van der Waals surface area contributed by atoms with Gasteiger partial charge >= 0.3 is 0 Å². The Labute approximate surface area is 170 Å². The fraction of sp³-hybridized carbons (Fsp3) is 0.333. The van der Waals surface area contributed by atoms with Crippen LogP contribution in [0.2, 0.25) is 0 Å². The van der Waals surface area contributed by atoms with Crippen LogP contribution in [0, 0.1) is 6.92 Å². The van der Waals surface area contributed by atoms with Crippen LogP contribution in [0.4, 0.5) is 0 Å². The van der Waals surface area contributed by atoms with E-state index < -0.39 is 5.54 Å². The van der Waals surface area contributed by atoms with Crippen molar-refractivity contribution >= 4 is 22.7 Å². The first-order chi connectivity index (χ1) is 14.1. The molecule has 0 unspecified atom stereocenters. The van der Waals surface area contributed by atoms with E-state index in [-0.39, 0.29) is 5.91 Å². The summed E-state index contributed by atoms with van der Waals surface area (Å²) < 4.78 is 5.68. The molecule has 1 amide bonds. The van der Waals surface area contributed by atoms with Crippen molar-refractivity contribution in [2.75, 3.05) is 19.6 Å². The van der Waals surface area contributed by atoms with Gasteiger partial charge in [-0.3, -0.25) is 14.7 Å². The number of aliphatic imine (C=N–C) groups is 1. The molecule has 3 aromatic rings. The highest BCUT2D eigenvalue weighted by atomic mass is 16.3. The van der Waals surface area contributed by atoms with Crippen molar-refractivity contribution in [3.05, 3.63) is 59.9 Å². The van der Waals surface area contributed by atoms with Crippen molar-refractivity contribution in [2.24, 2.45) is 4.99 Å². The number of carbonyl (C=O) groups excluding carboxylic acids is 1. The van der Waals surface area contributed by atoms with Crippen molar-refractivity contribution in [1.82, 2.24) is 10.2 Å². The topological polar surface area (TPSA) is 57.8 Å². The molecule has 1 aromatic heterocycles. The van der Waals surface area contributed by atoms with Gasteiger partial charge in [0.25, 0.3) is 5.91 Å². The number of likely N-dealkylation sites (N-methyl/N-ethyl adjacent to an activating group) is 1. The fourth-order valence-corrected chi connectivity index (χ4v) is 4.51. The third-order valence-electron chi connectivity index (χ3n) is 6.08. The van der Waals surface area contributed by atoms with Crippen LogP contribution in [-0.4, -0.2) is 41.8 Å². The first-order valence-corrected chi connectivity index (χ1v) is 10.3. The molecular formula is C24H25N3O2. The van der Waals surface area contributed by atoms with Gasteiger partial charge in [0.05, 0.1) is 0 Å². The van der Waals surface area contributed by atoms with E-state index >= 15 is 0 Å². The van der Waals surface area contributed by atoms with E-state index in [9.17, 15) is 4.79 Å². The first-order valence-electron chi connectivity index (χ1n) is 10.3. The number of aryl methyl sites for hydroxylation is 1. The van der Waals surface area contributed by atoms with Crippen molar-refractivity contribution in [2.45, 2.75) is 32.2 Å². The number of carbonyl (C=O) groups is 1. The Morgan fingerprint density at radius 1 is 1.03 bits per heavy atom. The maximum absolute atomic E-state index is 13.1. The monoisotopic (exact) mass is 387 g/mol. The zero-order valence-electron chi connectivity index (χ0n) is 16.9. The molecule has 29 heavy (non-hydrogen) atoms. The summed E-state index contributed by atoms with van der Waals surface area (Å²) in [4.78, 5) is 19.9. The Morgan fingerprint density at radius 2 is 1.72 bits per heavy atom. The Balaban J connectivity index is 1.48. The fourth-order valence-electron chi connectivity index (χ4n) is 4.51. The van der Waals surface area contributed by atoms with Gasteiger partial charge in [0.2, 0.25) is 0 Å². The molecule has 0 aliphatic carbocycles. The molecule has 0 atom stereocenters. The lowest BCUT2D eigenvalue weighted by Gasteiger charge is -2.29. The number of nitrogens with one attached hydrogen (secondary N) is 1. The molecule has 2 aliphatic heterocycles. The molecule has 1 spiro atoms. The lowest BCUT2D eigenvalue weighted by Crippen LogP contribution is -2.48. The molecule has 148 valence electrons. The van der Waals surface area contributed by atoms with Gasteiger partial charge in [0.15, 0.2) is 0 Å². The molecule has 5 rings (SSSR count). The molecule has 2 aliphatic rings. The number of hydrogen-bond acceptors (Lipinski definition) is 4. The highest BCUT2D eigenvalue weighted by Gasteiger charge is 2.48. The maximum atomic E-state index is 13.1. The highest BCUT2D eigenvalue weighted by Crippen LogP contribution is 2.34. The molecule has 5 heteroatoms. The lowest BCUT2D eigenvalue weighted by molar-refractivity contribution is -0.131. The maximum Gasteiger partial charge on any atom is 0.256 e. The second-order valence-corrected chi connectivity index (χ2v) is 7.95. The van der Waals surface area contributed by atoms with Gasteiger partial charge in [0, 0.05) is 17.5 Å². The molecule has 3 heterocycles. The minimum atomic E-state index is -0.570. The van der Waals surface area contributed by atoms with Crippen LogP contribution in [0.1, 0.15) is 31.1 Å². The first kappa shape index (κ1) is 18.1. The summed E-state index contributed by atoms with van der Waals surface area (Å²) in [5, 5.41) is 4.45. The summed E-state index contributed by atoms with van der Waals surface area (Å²) >= 11 is 0. The largest absolute Gasteiger partial charge is 0.461 e. The summed E-state index contributed by atoms with van der Waals surface area (Å²) in [7, 11) is 0. The van der Waals surface area contributed by atoms with Crippen LogP contribution in [0.25, 0.3) is 22.1 Å². The summed E-state index contributed by atoms with van der Waals surface area (Å²) in [6.45, 7) is 6.31. The highest BCUT2D eigenvalue weighted by molar-refractivity contribution is 6.15. The number of amidine groups is 1. The number of furan rings is 1. The average molecular weight is 387 g/mol. The zero-order valence-corrected chi connectivity index (χ0v) is 16.9. The average Bonchev–Trinajstić information content (AvgIpc) is 3.25. The van der Waals surface area contributed by atoms with Gasteiger partial charge in [-0.2, -0.15) is 0 Å². The molecule has 1 N–H and O–H groups in total. The second kappa shape index (κ2) is 6.85. The van der Waals surface area contributed by atoms with E-state index in [2.05, 4.69) is 47.8 Å².